The van der Waals surface area contributed by atoms with Gasteiger partial charge in [-0.15, -0.1) is 0 Å². The minimum absolute atomic E-state index is 0.00955. The quantitative estimate of drug-likeness (QED) is 0.217. The van der Waals surface area contributed by atoms with Crippen LogP contribution in [0.4, 0.5) is 5.82 Å². The van der Waals surface area contributed by atoms with E-state index in [-0.39, 0.29) is 41.5 Å². The van der Waals surface area contributed by atoms with Crippen LogP contribution in [0.3, 0.4) is 0 Å². The third-order valence-electron chi connectivity index (χ3n) is 8.44. The number of fused-ring (bicyclic) bond motifs is 2. The molecule has 3 aromatic heterocycles. The van der Waals surface area contributed by atoms with Gasteiger partial charge in [0.1, 0.15) is 34.5 Å². The number of aryl methyl sites for hydroxylation is 1. The van der Waals surface area contributed by atoms with Crippen LogP contribution < -0.4 is 5.32 Å². The van der Waals surface area contributed by atoms with Crippen LogP contribution in [0.2, 0.25) is 0 Å². The van der Waals surface area contributed by atoms with E-state index in [0.29, 0.717) is 39.3 Å². The van der Waals surface area contributed by atoms with Gasteiger partial charge >= 0.3 is 0 Å². The van der Waals surface area contributed by atoms with E-state index < -0.39 is 6.04 Å². The number of rotatable bonds is 7. The number of pyridine rings is 1. The van der Waals surface area contributed by atoms with Gasteiger partial charge in [-0.2, -0.15) is 5.10 Å². The Labute approximate surface area is 252 Å². The topological polar surface area (TPSA) is 123 Å². The zero-order valence-electron chi connectivity index (χ0n) is 24.2. The first-order valence-electron chi connectivity index (χ1n) is 14.0. The van der Waals surface area contributed by atoms with Crippen LogP contribution in [0.25, 0.3) is 22.0 Å². The second kappa shape index (κ2) is 10.4. The van der Waals surface area contributed by atoms with E-state index in [1.165, 1.54) is 6.92 Å². The first-order valence-corrected chi connectivity index (χ1v) is 14.8. The molecule has 4 heterocycles. The van der Waals surface area contributed by atoms with Crippen molar-refractivity contribution >= 4 is 50.2 Å². The van der Waals surface area contributed by atoms with E-state index in [1.54, 1.807) is 22.0 Å². The molecule has 4 aromatic rings. The maximum Gasteiger partial charge on any atom is 0.248 e. The molecule has 2 fully saturated rings. The molecule has 1 saturated carbocycles. The Bertz CT molecular complexity index is 1750. The van der Waals surface area contributed by atoms with Crippen LogP contribution in [-0.2, 0) is 16.1 Å². The van der Waals surface area contributed by atoms with Gasteiger partial charge in [-0.1, -0.05) is 26.8 Å². The fourth-order valence-electron chi connectivity index (χ4n) is 5.97. The van der Waals surface area contributed by atoms with Gasteiger partial charge in [-0.25, -0.2) is 15.0 Å². The number of likely N-dealkylation sites (tertiary alicyclic amines) is 1. The number of halogens is 1. The second-order valence-electron chi connectivity index (χ2n) is 12.0. The summed E-state index contributed by atoms with van der Waals surface area (Å²) < 4.78 is 2.21. The predicted octanol–water partition coefficient (Wildman–Crippen LogP) is 5.30. The van der Waals surface area contributed by atoms with E-state index in [2.05, 4.69) is 62.1 Å². The normalized spacial score (nSPS) is 21.1. The lowest BCUT2D eigenvalue weighted by atomic mass is 10.0. The molecule has 2 amide bonds. The largest absolute Gasteiger partial charge is 0.325 e. The molecular weight excluding hydrogens is 598 g/mol. The number of nitrogens with one attached hydrogen (secondary N) is 1. The Morgan fingerprint density at radius 2 is 1.83 bits per heavy atom. The molecule has 1 aliphatic carbocycles. The Balaban J connectivity index is 1.27. The maximum atomic E-state index is 13.9. The molecule has 1 aromatic carbocycles. The molecule has 11 heteroatoms. The fourth-order valence-corrected chi connectivity index (χ4v) is 6.43. The van der Waals surface area contributed by atoms with E-state index in [4.69, 9.17) is 0 Å². The van der Waals surface area contributed by atoms with Gasteiger partial charge in [0.25, 0.3) is 0 Å². The summed E-state index contributed by atoms with van der Waals surface area (Å²) in [7, 11) is 0. The second-order valence-corrected chi connectivity index (χ2v) is 12.8. The minimum atomic E-state index is -0.619. The van der Waals surface area contributed by atoms with Crippen molar-refractivity contribution in [2.24, 2.45) is 5.41 Å². The zero-order chi connectivity index (χ0) is 29.9. The Morgan fingerprint density at radius 1 is 1.10 bits per heavy atom. The van der Waals surface area contributed by atoms with Crippen LogP contribution in [0.1, 0.15) is 68.3 Å². The summed E-state index contributed by atoms with van der Waals surface area (Å²) in [4.78, 5) is 54.7. The molecule has 216 valence electrons. The standard InChI is InChI=1S/C31H32BrN7O3/c1-16(2)20-9-26(32)35-27(10-20)36-30(42)24-11-31(5)12-25(31)39(24)28(41)15-38-23-7-6-19(21-13-33-18(4)34-14-21)8-22(23)29(37-38)17(3)40/h6-10,13-14,16,24-25H,11-12,15H2,1-5H3,(H,35,36,42)/t24-,25+,31-/m0/s1. The van der Waals surface area contributed by atoms with Crippen molar-refractivity contribution in [1.82, 2.24) is 29.6 Å². The number of carbonyl (C=O) groups excluding carboxylic acids is 3. The number of nitrogens with zero attached hydrogens (tertiary/aromatic N) is 6. The van der Waals surface area contributed by atoms with Crippen molar-refractivity contribution in [3.63, 3.8) is 0 Å². The van der Waals surface area contributed by atoms with Gasteiger partial charge in [0, 0.05) is 36.3 Å². The highest BCUT2D eigenvalue weighted by molar-refractivity contribution is 9.10. The molecule has 1 aliphatic heterocycles. The molecule has 0 bridgehead atoms. The lowest BCUT2D eigenvalue weighted by Gasteiger charge is -2.27. The van der Waals surface area contributed by atoms with Crippen LogP contribution in [0, 0.1) is 12.3 Å². The summed E-state index contributed by atoms with van der Waals surface area (Å²) in [5.74, 6) is 0.735. The van der Waals surface area contributed by atoms with Crippen LogP contribution in [0.5, 0.6) is 0 Å². The smallest absolute Gasteiger partial charge is 0.248 e. The first kappa shape index (κ1) is 28.1. The van der Waals surface area contributed by atoms with Gasteiger partial charge in [0.05, 0.1) is 5.52 Å². The van der Waals surface area contributed by atoms with E-state index in [0.717, 1.165) is 23.1 Å². The Hall–Kier alpha value is -3.99. The van der Waals surface area contributed by atoms with Crippen molar-refractivity contribution < 1.29 is 14.4 Å². The molecule has 0 radical (unpaired) electrons. The molecule has 42 heavy (non-hydrogen) atoms. The molecule has 0 unspecified atom stereocenters. The van der Waals surface area contributed by atoms with Crippen molar-refractivity contribution in [3.8, 4) is 11.1 Å². The van der Waals surface area contributed by atoms with Crippen molar-refractivity contribution in [2.75, 3.05) is 5.32 Å². The summed E-state index contributed by atoms with van der Waals surface area (Å²) in [6.45, 7) is 9.47. The summed E-state index contributed by atoms with van der Waals surface area (Å²) in [6, 6.07) is 8.82. The minimum Gasteiger partial charge on any atom is -0.325 e. The number of Topliss-reactive ketones (excluding diaryl/α,β-unsaturated/α-hetero) is 1. The highest BCUT2D eigenvalue weighted by Crippen LogP contribution is 2.59. The van der Waals surface area contributed by atoms with Crippen LogP contribution in [0.15, 0.2) is 47.3 Å². The highest BCUT2D eigenvalue weighted by Gasteiger charge is 2.64. The number of benzene rings is 1. The van der Waals surface area contributed by atoms with Crippen molar-refractivity contribution in [1.29, 1.82) is 0 Å². The average molecular weight is 631 g/mol. The predicted molar refractivity (Wildman–Crippen MR) is 162 cm³/mol. The lowest BCUT2D eigenvalue weighted by molar-refractivity contribution is -0.138. The van der Waals surface area contributed by atoms with Crippen LogP contribution in [-0.4, -0.2) is 59.3 Å². The van der Waals surface area contributed by atoms with Gasteiger partial charge in [-0.05, 0) is 82.4 Å². The third-order valence-corrected chi connectivity index (χ3v) is 8.85. The zero-order valence-corrected chi connectivity index (χ0v) is 25.8. The number of hydrogen-bond acceptors (Lipinski definition) is 7. The summed E-state index contributed by atoms with van der Waals surface area (Å²) >= 11 is 3.44. The van der Waals surface area contributed by atoms with E-state index in [1.807, 2.05) is 37.3 Å². The van der Waals surface area contributed by atoms with Crippen molar-refractivity contribution in [2.45, 2.75) is 72.0 Å². The number of carbonyl (C=O) groups is 3. The SMILES string of the molecule is CC(=O)c1nn(CC(=O)N2[C@H](C(=O)Nc3cc(C(C)C)cc(Br)n3)C[C@@]3(C)C[C@@H]23)c2ccc(-c3cnc(C)nc3)cc12. The maximum absolute atomic E-state index is 13.9. The molecule has 1 saturated heterocycles. The molecule has 1 N–H and O–H groups in total. The number of piperidine rings is 1. The molecule has 3 atom stereocenters. The highest BCUT2D eigenvalue weighted by atomic mass is 79.9. The third kappa shape index (κ3) is 5.10. The Morgan fingerprint density at radius 3 is 2.52 bits per heavy atom. The van der Waals surface area contributed by atoms with Crippen molar-refractivity contribution in [3.05, 3.63) is 64.4 Å². The molecule has 0 spiro atoms. The van der Waals surface area contributed by atoms with Gasteiger partial charge in [0.2, 0.25) is 11.8 Å². The summed E-state index contributed by atoms with van der Waals surface area (Å²) in [5, 5.41) is 8.16. The number of anilines is 1. The van der Waals surface area contributed by atoms with Gasteiger partial charge in [-0.3, -0.25) is 19.1 Å². The Kier molecular flexibility index (Phi) is 6.95. The molecule has 10 nitrogen and oxygen atoms in total. The van der Waals surface area contributed by atoms with E-state index >= 15 is 0 Å². The molecule has 6 rings (SSSR count). The summed E-state index contributed by atoms with van der Waals surface area (Å²) in [6.07, 6.45) is 4.92. The van der Waals surface area contributed by atoms with Gasteiger partial charge < -0.3 is 10.2 Å². The monoisotopic (exact) mass is 629 g/mol. The van der Waals surface area contributed by atoms with Crippen LogP contribution >= 0.6 is 15.9 Å². The fraction of sp³-hybridized carbons (Fsp3) is 0.387. The first-order chi connectivity index (χ1) is 19.9. The molecular formula is C31H32BrN7O3. The number of hydrogen-bond donors (Lipinski definition) is 1. The number of ketones is 1. The molecule has 2 aliphatic rings. The lowest BCUT2D eigenvalue weighted by Crippen LogP contribution is -2.46. The average Bonchev–Trinajstić information content (AvgIpc) is 3.30. The van der Waals surface area contributed by atoms with Gasteiger partial charge in [0.15, 0.2) is 5.78 Å². The summed E-state index contributed by atoms with van der Waals surface area (Å²) in [5.41, 5.74) is 3.59. The number of amides is 2. The number of aromatic nitrogens is 5. The van der Waals surface area contributed by atoms with E-state index in [9.17, 15) is 14.4 Å².